The third-order valence-electron chi connectivity index (χ3n) is 4.75. The second kappa shape index (κ2) is 7.82. The Morgan fingerprint density at radius 1 is 1.24 bits per heavy atom. The Bertz CT molecular complexity index is 1100. The highest BCUT2D eigenvalue weighted by Crippen LogP contribution is 2.31. The minimum Gasteiger partial charge on any atom is -0.325 e. The van der Waals surface area contributed by atoms with E-state index in [0.717, 1.165) is 17.7 Å². The third kappa shape index (κ3) is 3.95. The van der Waals surface area contributed by atoms with Crippen LogP contribution in [0.25, 0.3) is 11.0 Å². The number of carbonyl (C=O) groups is 2. The van der Waals surface area contributed by atoms with E-state index in [1.165, 1.54) is 11.5 Å². The average molecular weight is 416 g/mol. The molecule has 3 aromatic rings. The summed E-state index contributed by atoms with van der Waals surface area (Å²) in [7, 11) is 0. The van der Waals surface area contributed by atoms with Crippen LogP contribution >= 0.6 is 11.8 Å². The van der Waals surface area contributed by atoms with Crippen molar-refractivity contribution in [2.75, 3.05) is 16.8 Å². The first kappa shape index (κ1) is 19.4. The Hall–Kier alpha value is -2.94. The monoisotopic (exact) mass is 416 g/mol. The molecule has 1 N–H and O–H groups in total. The number of para-hydroxylation sites is 2. The number of hydrogen-bond acceptors (Lipinski definition) is 4. The summed E-state index contributed by atoms with van der Waals surface area (Å²) in [6, 6.07) is 12.4. The predicted molar refractivity (Wildman–Crippen MR) is 108 cm³/mol. The summed E-state index contributed by atoms with van der Waals surface area (Å²) in [5.74, 6) is -2.99. The van der Waals surface area contributed by atoms with Gasteiger partial charge in [0, 0.05) is 24.8 Å². The van der Waals surface area contributed by atoms with Gasteiger partial charge in [0.1, 0.15) is 6.54 Å². The first-order valence-corrected chi connectivity index (χ1v) is 9.91. The molecular weight excluding hydrogens is 398 g/mol. The molecule has 0 aliphatic carbocycles. The van der Waals surface area contributed by atoms with Gasteiger partial charge < -0.3 is 14.8 Å². The molecule has 1 aromatic heterocycles. The van der Waals surface area contributed by atoms with E-state index in [0.29, 0.717) is 35.0 Å². The number of imidazole rings is 1. The predicted octanol–water partition coefficient (Wildman–Crippen LogP) is 3.90. The standard InChI is InChI=1S/C20H18F2N4O2S/c1-12(27)25-9-8-13-10-14(6-7-16(13)25)23-18(28)11-26-17-5-3-2-4-15(17)24-20(26)29-19(21)22/h2-7,10,19H,8-9,11H2,1H3,(H,23,28). The molecular formula is C20H18F2N4O2S. The molecule has 2 amide bonds. The summed E-state index contributed by atoms with van der Waals surface area (Å²) in [5, 5.41) is 2.91. The fourth-order valence-electron chi connectivity index (χ4n) is 3.53. The largest absolute Gasteiger partial charge is 0.325 e. The fraction of sp³-hybridized carbons (Fsp3) is 0.250. The number of nitrogens with one attached hydrogen (secondary N) is 1. The maximum Gasteiger partial charge on any atom is 0.291 e. The van der Waals surface area contributed by atoms with Gasteiger partial charge in [0.05, 0.1) is 11.0 Å². The van der Waals surface area contributed by atoms with Gasteiger partial charge in [-0.3, -0.25) is 9.59 Å². The summed E-state index contributed by atoms with van der Waals surface area (Å²) in [6.07, 6.45) is 0.722. The zero-order valence-electron chi connectivity index (χ0n) is 15.6. The van der Waals surface area contributed by atoms with Crippen LogP contribution in [-0.4, -0.2) is 33.7 Å². The minimum absolute atomic E-state index is 0.0171. The molecule has 4 rings (SSSR count). The van der Waals surface area contributed by atoms with E-state index in [4.69, 9.17) is 0 Å². The Morgan fingerprint density at radius 2 is 2.03 bits per heavy atom. The first-order chi connectivity index (χ1) is 13.9. The molecule has 0 spiro atoms. The Labute approximate surface area is 169 Å². The van der Waals surface area contributed by atoms with Crippen molar-refractivity contribution in [2.45, 2.75) is 30.8 Å². The molecule has 0 saturated heterocycles. The number of fused-ring (bicyclic) bond motifs is 2. The summed E-state index contributed by atoms with van der Waals surface area (Å²) >= 11 is 0.319. The van der Waals surface area contributed by atoms with Crippen LogP contribution in [0, 0.1) is 0 Å². The van der Waals surface area contributed by atoms with Crippen LogP contribution in [-0.2, 0) is 22.6 Å². The molecule has 0 bridgehead atoms. The molecule has 0 saturated carbocycles. The number of carbonyl (C=O) groups excluding carboxylic acids is 2. The maximum atomic E-state index is 12.9. The Morgan fingerprint density at radius 3 is 2.79 bits per heavy atom. The van der Waals surface area contributed by atoms with Crippen molar-refractivity contribution in [3.8, 4) is 0 Å². The average Bonchev–Trinajstić information content (AvgIpc) is 3.23. The lowest BCUT2D eigenvalue weighted by Gasteiger charge is -2.15. The third-order valence-corrected chi connectivity index (χ3v) is 5.46. The van der Waals surface area contributed by atoms with Crippen molar-refractivity contribution in [2.24, 2.45) is 0 Å². The second-order valence-corrected chi connectivity index (χ2v) is 7.62. The number of aromatic nitrogens is 2. The summed E-state index contributed by atoms with van der Waals surface area (Å²) in [4.78, 5) is 30.2. The quantitative estimate of drug-likeness (QED) is 0.641. The van der Waals surface area contributed by atoms with Crippen molar-refractivity contribution in [1.29, 1.82) is 0 Å². The minimum atomic E-state index is -2.63. The normalized spacial score (nSPS) is 13.2. The van der Waals surface area contributed by atoms with Crippen molar-refractivity contribution in [1.82, 2.24) is 9.55 Å². The Balaban J connectivity index is 1.54. The van der Waals surface area contributed by atoms with Crippen molar-refractivity contribution in [3.05, 3.63) is 48.0 Å². The van der Waals surface area contributed by atoms with Gasteiger partial charge in [-0.2, -0.15) is 8.78 Å². The molecule has 150 valence electrons. The molecule has 6 nitrogen and oxygen atoms in total. The molecule has 2 aromatic carbocycles. The molecule has 0 unspecified atom stereocenters. The smallest absolute Gasteiger partial charge is 0.291 e. The van der Waals surface area contributed by atoms with Crippen LogP contribution in [0.15, 0.2) is 47.6 Å². The van der Waals surface area contributed by atoms with Crippen molar-refractivity contribution < 1.29 is 18.4 Å². The van der Waals surface area contributed by atoms with Gasteiger partial charge in [-0.05, 0) is 54.1 Å². The van der Waals surface area contributed by atoms with E-state index in [1.807, 2.05) is 12.1 Å². The summed E-state index contributed by atoms with van der Waals surface area (Å²) in [6.45, 7) is 2.01. The first-order valence-electron chi connectivity index (χ1n) is 9.03. The van der Waals surface area contributed by atoms with Crippen molar-refractivity contribution in [3.63, 3.8) is 0 Å². The van der Waals surface area contributed by atoms with Crippen LogP contribution in [0.5, 0.6) is 0 Å². The molecule has 0 atom stereocenters. The van der Waals surface area contributed by atoms with Gasteiger partial charge >= 0.3 is 0 Å². The second-order valence-electron chi connectivity index (χ2n) is 6.66. The lowest BCUT2D eigenvalue weighted by molar-refractivity contribution is -0.117. The highest BCUT2D eigenvalue weighted by Gasteiger charge is 2.23. The zero-order chi connectivity index (χ0) is 20.5. The molecule has 0 fully saturated rings. The van der Waals surface area contributed by atoms with E-state index in [-0.39, 0.29) is 23.5 Å². The Kier molecular flexibility index (Phi) is 5.23. The SMILES string of the molecule is CC(=O)N1CCc2cc(NC(=O)Cn3c(SC(F)F)nc4ccccc43)ccc21. The molecule has 9 heteroatoms. The summed E-state index contributed by atoms with van der Waals surface area (Å²) < 4.78 is 27.3. The zero-order valence-corrected chi connectivity index (χ0v) is 16.4. The van der Waals surface area contributed by atoms with E-state index in [9.17, 15) is 18.4 Å². The maximum absolute atomic E-state index is 12.9. The van der Waals surface area contributed by atoms with E-state index in [1.54, 1.807) is 35.2 Å². The number of halogens is 2. The lowest BCUT2D eigenvalue weighted by Crippen LogP contribution is -2.25. The number of nitrogens with zero attached hydrogens (tertiary/aromatic N) is 3. The van der Waals surface area contributed by atoms with Gasteiger partial charge in [0.15, 0.2) is 5.16 Å². The van der Waals surface area contributed by atoms with E-state index < -0.39 is 5.76 Å². The number of benzene rings is 2. The number of amides is 2. The molecule has 1 aliphatic heterocycles. The highest BCUT2D eigenvalue weighted by molar-refractivity contribution is 7.99. The highest BCUT2D eigenvalue weighted by atomic mass is 32.2. The van der Waals surface area contributed by atoms with Crippen LogP contribution in [0.3, 0.4) is 0 Å². The number of thioether (sulfide) groups is 1. The summed E-state index contributed by atoms with van der Waals surface area (Å²) in [5.41, 5.74) is 3.63. The van der Waals surface area contributed by atoms with Gasteiger partial charge in [-0.1, -0.05) is 12.1 Å². The van der Waals surface area contributed by atoms with Crippen molar-refractivity contribution >= 4 is 46.0 Å². The van der Waals surface area contributed by atoms with Crippen LogP contribution in [0.2, 0.25) is 0 Å². The van der Waals surface area contributed by atoms with Gasteiger partial charge in [-0.25, -0.2) is 4.98 Å². The number of anilines is 2. The van der Waals surface area contributed by atoms with Gasteiger partial charge in [0.2, 0.25) is 11.8 Å². The molecule has 2 heterocycles. The fourth-order valence-corrected chi connectivity index (χ4v) is 4.13. The molecule has 29 heavy (non-hydrogen) atoms. The molecule has 0 radical (unpaired) electrons. The van der Waals surface area contributed by atoms with Crippen LogP contribution in [0.4, 0.5) is 20.2 Å². The van der Waals surface area contributed by atoms with Crippen LogP contribution in [0.1, 0.15) is 12.5 Å². The number of rotatable bonds is 5. The number of hydrogen-bond donors (Lipinski definition) is 1. The molecule has 1 aliphatic rings. The van der Waals surface area contributed by atoms with E-state index in [2.05, 4.69) is 10.3 Å². The topological polar surface area (TPSA) is 67.2 Å². The van der Waals surface area contributed by atoms with E-state index >= 15 is 0 Å². The van der Waals surface area contributed by atoms with Crippen LogP contribution < -0.4 is 10.2 Å². The lowest BCUT2D eigenvalue weighted by atomic mass is 10.1. The number of alkyl halides is 2. The van der Waals surface area contributed by atoms with Gasteiger partial charge in [0.25, 0.3) is 5.76 Å². The van der Waals surface area contributed by atoms with Gasteiger partial charge in [-0.15, -0.1) is 0 Å².